The number of ketones is 1. The molecule has 0 heterocycles. The van der Waals surface area contributed by atoms with E-state index in [-0.39, 0.29) is 31.0 Å². The number of ether oxygens (including phenoxy) is 1. The molecule has 0 aromatic heterocycles. The molecule has 0 bridgehead atoms. The number of hydrogen-bond acceptors (Lipinski definition) is 7. The molecule has 0 unspecified atom stereocenters. The van der Waals surface area contributed by atoms with Gasteiger partial charge in [-0.1, -0.05) is 12.1 Å². The Morgan fingerprint density at radius 1 is 1.03 bits per heavy atom. The maximum Gasteiger partial charge on any atom is 0.420 e. The molecule has 0 radical (unpaired) electrons. The summed E-state index contributed by atoms with van der Waals surface area (Å²) in [5, 5.41) is 5.28. The lowest BCUT2D eigenvalue weighted by Gasteiger charge is -2.17. The Morgan fingerprint density at radius 3 is 2.24 bits per heavy atom. The molecule has 1 aliphatic rings. The van der Waals surface area contributed by atoms with Gasteiger partial charge < -0.3 is 25.9 Å². The summed E-state index contributed by atoms with van der Waals surface area (Å²) in [7, 11) is 0. The summed E-state index contributed by atoms with van der Waals surface area (Å²) in [6, 6.07) is 9.16. The van der Waals surface area contributed by atoms with E-state index < -0.39 is 40.6 Å². The molecular formula is C22H23F3N4O5. The fourth-order valence-corrected chi connectivity index (χ4v) is 3.14. The first kappa shape index (κ1) is 25.0. The molecule has 1 fully saturated rings. The number of benzene rings is 2. The van der Waals surface area contributed by atoms with E-state index in [1.54, 1.807) is 12.1 Å². The molecule has 12 heteroatoms. The van der Waals surface area contributed by atoms with Crippen LogP contribution in [0.5, 0.6) is 17.2 Å². The number of Topliss-reactive ketones (excluding diaryl/α,β-unsaturated/α-hetero) is 1. The Kier molecular flexibility index (Phi) is 7.42. The molecule has 182 valence electrons. The molecule has 1 saturated carbocycles. The summed E-state index contributed by atoms with van der Waals surface area (Å²) >= 11 is 0. The van der Waals surface area contributed by atoms with Gasteiger partial charge in [0.25, 0.3) is 0 Å². The molecule has 2 aromatic rings. The first-order chi connectivity index (χ1) is 16.1. The highest BCUT2D eigenvalue weighted by molar-refractivity contribution is 6.02. The van der Waals surface area contributed by atoms with Crippen molar-refractivity contribution in [3.63, 3.8) is 0 Å². The van der Waals surface area contributed by atoms with Crippen LogP contribution in [0.15, 0.2) is 42.5 Å². The second-order valence-electron chi connectivity index (χ2n) is 7.75. The summed E-state index contributed by atoms with van der Waals surface area (Å²) in [5.74, 6) is 3.12. The van der Waals surface area contributed by atoms with Crippen molar-refractivity contribution in [2.75, 3.05) is 6.54 Å². The summed E-state index contributed by atoms with van der Waals surface area (Å²) < 4.78 is 45.3. The van der Waals surface area contributed by atoms with Gasteiger partial charge in [-0.15, -0.1) is 0 Å². The van der Waals surface area contributed by atoms with Crippen LogP contribution in [0.25, 0.3) is 0 Å². The van der Waals surface area contributed by atoms with E-state index in [2.05, 4.69) is 15.5 Å². The number of halogens is 3. The molecule has 9 nitrogen and oxygen atoms in total. The lowest BCUT2D eigenvalue weighted by atomic mass is 10.1. The van der Waals surface area contributed by atoms with Gasteiger partial charge in [0, 0.05) is 6.54 Å². The predicted molar refractivity (Wildman–Crippen MR) is 113 cm³/mol. The Morgan fingerprint density at radius 2 is 1.68 bits per heavy atom. The molecule has 6 N–H and O–H groups in total. The van der Waals surface area contributed by atoms with Gasteiger partial charge in [0.05, 0.1) is 13.0 Å². The van der Waals surface area contributed by atoms with Crippen molar-refractivity contribution in [3.05, 3.63) is 53.6 Å². The second-order valence-corrected chi connectivity index (χ2v) is 7.75. The highest BCUT2D eigenvalue weighted by Gasteiger charge is 2.51. The third-order valence-electron chi connectivity index (χ3n) is 5.15. The first-order valence-electron chi connectivity index (χ1n) is 10.2. The Balaban J connectivity index is 1.58. The Bertz CT molecular complexity index is 1070. The summed E-state index contributed by atoms with van der Waals surface area (Å²) in [5.41, 5.74) is 3.76. The highest BCUT2D eigenvalue weighted by Crippen LogP contribution is 2.40. The lowest BCUT2D eigenvalue weighted by molar-refractivity contribution is -0.138. The fourth-order valence-electron chi connectivity index (χ4n) is 3.14. The smallest absolute Gasteiger partial charge is 0.420 e. The third kappa shape index (κ3) is 6.23. The van der Waals surface area contributed by atoms with Crippen molar-refractivity contribution >= 4 is 17.6 Å². The fraction of sp³-hybridized carbons (Fsp3) is 0.318. The van der Waals surface area contributed by atoms with Gasteiger partial charge in [-0.3, -0.25) is 14.4 Å². The van der Waals surface area contributed by atoms with Crippen LogP contribution < -0.4 is 31.8 Å². The van der Waals surface area contributed by atoms with Gasteiger partial charge in [-0.2, -0.15) is 19.1 Å². The van der Waals surface area contributed by atoms with Crippen LogP contribution in [0.1, 0.15) is 30.4 Å². The van der Waals surface area contributed by atoms with E-state index in [9.17, 15) is 27.6 Å². The minimum Gasteiger partial charge on any atom is -0.457 e. The predicted octanol–water partition coefficient (Wildman–Crippen LogP) is 1.93. The van der Waals surface area contributed by atoms with Gasteiger partial charge in [0.1, 0.15) is 28.4 Å². The molecule has 34 heavy (non-hydrogen) atoms. The summed E-state index contributed by atoms with van der Waals surface area (Å²) in [6.45, 7) is -0.133. The highest BCUT2D eigenvalue weighted by atomic mass is 19.4. The van der Waals surface area contributed by atoms with Crippen molar-refractivity contribution in [1.82, 2.24) is 10.6 Å². The zero-order valence-electron chi connectivity index (χ0n) is 17.9. The van der Waals surface area contributed by atoms with E-state index >= 15 is 0 Å². The van der Waals surface area contributed by atoms with Crippen LogP contribution >= 0.6 is 0 Å². The largest absolute Gasteiger partial charge is 0.457 e. The van der Waals surface area contributed by atoms with Crippen molar-refractivity contribution < 1.29 is 37.1 Å². The monoisotopic (exact) mass is 480 g/mol. The molecule has 2 amide bonds. The van der Waals surface area contributed by atoms with E-state index in [0.29, 0.717) is 18.4 Å². The molecule has 0 saturated heterocycles. The molecule has 2 aromatic carbocycles. The normalized spacial score (nSPS) is 14.1. The van der Waals surface area contributed by atoms with Crippen molar-refractivity contribution in [1.29, 1.82) is 0 Å². The number of rotatable bonds is 10. The van der Waals surface area contributed by atoms with E-state index in [4.69, 9.17) is 16.4 Å². The van der Waals surface area contributed by atoms with Crippen LogP contribution in [-0.2, 0) is 27.1 Å². The van der Waals surface area contributed by atoms with Crippen LogP contribution in [0, 0.1) is 0 Å². The quantitative estimate of drug-likeness (QED) is 0.300. The van der Waals surface area contributed by atoms with Crippen LogP contribution in [0.3, 0.4) is 0 Å². The topological polar surface area (TPSA) is 146 Å². The average molecular weight is 480 g/mol. The Labute approximate surface area is 192 Å². The summed E-state index contributed by atoms with van der Waals surface area (Å²) in [4.78, 5) is 40.0. The van der Waals surface area contributed by atoms with Crippen molar-refractivity contribution in [2.45, 2.75) is 37.5 Å². The maximum absolute atomic E-state index is 13.3. The number of nitrogens with one attached hydrogen (secondary N) is 2. The SMILES string of the molecule is NCC(=O)CC(=O)NC1(C(=O)NCc2ccc(Oc3ccc(ON)cc3C(F)(F)F)cc2)CC1. The van der Waals surface area contributed by atoms with Crippen LogP contribution in [-0.4, -0.2) is 29.7 Å². The maximum atomic E-state index is 13.3. The number of carbonyl (C=O) groups excluding carboxylic acids is 3. The average Bonchev–Trinajstić information content (AvgIpc) is 3.58. The standard InChI is InChI=1S/C22H23F3N4O5/c23-22(24,25)17-10-16(34-27)5-6-18(17)33-15-3-1-13(2-4-15)12-28-20(32)21(7-8-21)29-19(31)9-14(30)11-26/h1-6,10H,7-9,11-12,26-27H2,(H,28,32)(H,29,31). The minimum atomic E-state index is -4.68. The van der Waals surface area contributed by atoms with Gasteiger partial charge in [0.2, 0.25) is 11.8 Å². The number of hydrogen-bond donors (Lipinski definition) is 4. The second kappa shape index (κ2) is 10.1. The van der Waals surface area contributed by atoms with E-state index in [0.717, 1.165) is 12.1 Å². The third-order valence-corrected chi connectivity index (χ3v) is 5.15. The van der Waals surface area contributed by atoms with Crippen LogP contribution in [0.4, 0.5) is 13.2 Å². The van der Waals surface area contributed by atoms with Crippen molar-refractivity contribution in [3.8, 4) is 17.2 Å². The zero-order valence-corrected chi connectivity index (χ0v) is 17.9. The number of amides is 2. The number of alkyl halides is 3. The van der Waals surface area contributed by atoms with Crippen molar-refractivity contribution in [2.24, 2.45) is 11.6 Å². The lowest BCUT2D eigenvalue weighted by Crippen LogP contribution is -2.49. The molecule has 0 spiro atoms. The summed E-state index contributed by atoms with van der Waals surface area (Å²) in [6.07, 6.45) is -4.17. The minimum absolute atomic E-state index is 0.120. The van der Waals surface area contributed by atoms with Gasteiger partial charge >= 0.3 is 6.18 Å². The van der Waals surface area contributed by atoms with E-state index in [1.807, 2.05) is 0 Å². The molecule has 0 aliphatic heterocycles. The van der Waals surface area contributed by atoms with E-state index in [1.165, 1.54) is 18.2 Å². The number of carbonyl (C=O) groups is 3. The molecular weight excluding hydrogens is 457 g/mol. The Hall–Kier alpha value is -3.64. The molecule has 0 atom stereocenters. The van der Waals surface area contributed by atoms with Crippen LogP contribution in [0.2, 0.25) is 0 Å². The number of nitrogens with two attached hydrogens (primary N) is 2. The first-order valence-corrected chi connectivity index (χ1v) is 10.2. The van der Waals surface area contributed by atoms with Gasteiger partial charge in [-0.05, 0) is 48.7 Å². The van der Waals surface area contributed by atoms with Gasteiger partial charge in [0.15, 0.2) is 5.78 Å². The molecule has 3 rings (SSSR count). The van der Waals surface area contributed by atoms with Gasteiger partial charge in [-0.25, -0.2) is 0 Å². The molecule has 1 aliphatic carbocycles. The zero-order chi connectivity index (χ0) is 24.9.